The Kier molecular flexibility index (Phi) is 3.01. The van der Waals surface area contributed by atoms with Crippen molar-refractivity contribution in [1.29, 1.82) is 0 Å². The highest BCUT2D eigenvalue weighted by Gasteiger charge is 2.04. The maximum absolute atomic E-state index is 4.69. The fourth-order valence-corrected chi connectivity index (χ4v) is 2.86. The van der Waals surface area contributed by atoms with Gasteiger partial charge >= 0.3 is 0 Å². The molecule has 0 amide bonds. The Balaban J connectivity index is 1.77. The highest BCUT2D eigenvalue weighted by Crippen LogP contribution is 2.24. The maximum atomic E-state index is 4.69. The molecule has 4 aromatic rings. The van der Waals surface area contributed by atoms with Crippen molar-refractivity contribution >= 4 is 34.0 Å². The number of hydrogen-bond acceptors (Lipinski definition) is 1. The number of aromatic nitrogens is 2. The average molecular weight is 284 g/mol. The summed E-state index contributed by atoms with van der Waals surface area (Å²) in [5, 5.41) is 2.42. The van der Waals surface area contributed by atoms with Crippen LogP contribution in [0.4, 0.5) is 0 Å². The third kappa shape index (κ3) is 2.19. The van der Waals surface area contributed by atoms with Crippen molar-refractivity contribution in [1.82, 2.24) is 9.97 Å². The number of fused-ring (bicyclic) bond motifs is 2. The molecule has 0 saturated heterocycles. The monoisotopic (exact) mass is 284 g/mol. The van der Waals surface area contributed by atoms with Crippen LogP contribution in [0.5, 0.6) is 0 Å². The van der Waals surface area contributed by atoms with Gasteiger partial charge in [-0.3, -0.25) is 0 Å². The molecule has 106 valence electrons. The lowest BCUT2D eigenvalue weighted by molar-refractivity contribution is 1.29. The lowest BCUT2D eigenvalue weighted by Gasteiger charge is -1.99. The molecule has 0 radical (unpaired) electrons. The van der Waals surface area contributed by atoms with Gasteiger partial charge in [-0.2, -0.15) is 0 Å². The lowest BCUT2D eigenvalue weighted by atomic mass is 10.1. The zero-order valence-corrected chi connectivity index (χ0v) is 12.4. The van der Waals surface area contributed by atoms with E-state index in [0.717, 1.165) is 11.2 Å². The topological polar surface area (TPSA) is 28.7 Å². The summed E-state index contributed by atoms with van der Waals surface area (Å²) in [6.45, 7) is 2.10. The molecule has 4 rings (SSSR count). The predicted molar refractivity (Wildman–Crippen MR) is 93.7 cm³/mol. The van der Waals surface area contributed by atoms with Crippen LogP contribution in [0.2, 0.25) is 0 Å². The van der Waals surface area contributed by atoms with E-state index in [0.29, 0.717) is 0 Å². The van der Waals surface area contributed by atoms with E-state index < -0.39 is 0 Å². The van der Waals surface area contributed by atoms with Crippen molar-refractivity contribution in [3.8, 4) is 0 Å². The first-order valence-corrected chi connectivity index (χ1v) is 7.42. The summed E-state index contributed by atoms with van der Waals surface area (Å²) in [5.74, 6) is 0. The minimum absolute atomic E-state index is 0.975. The molecule has 0 aliphatic carbocycles. The van der Waals surface area contributed by atoms with Crippen molar-refractivity contribution in [2.75, 3.05) is 0 Å². The summed E-state index contributed by atoms with van der Waals surface area (Å²) in [6, 6.07) is 20.7. The molecule has 2 nitrogen and oxygen atoms in total. The number of para-hydroxylation sites is 2. The van der Waals surface area contributed by atoms with Crippen molar-refractivity contribution in [3.63, 3.8) is 0 Å². The van der Waals surface area contributed by atoms with Crippen LogP contribution in [0.25, 0.3) is 34.0 Å². The summed E-state index contributed by atoms with van der Waals surface area (Å²) < 4.78 is 0. The Morgan fingerprint density at radius 1 is 0.864 bits per heavy atom. The van der Waals surface area contributed by atoms with Crippen LogP contribution in [0.3, 0.4) is 0 Å². The Labute approximate surface area is 129 Å². The number of nitrogens with zero attached hydrogens (tertiary/aromatic N) is 1. The first-order chi connectivity index (χ1) is 10.8. The van der Waals surface area contributed by atoms with Gasteiger partial charge < -0.3 is 4.98 Å². The van der Waals surface area contributed by atoms with E-state index in [4.69, 9.17) is 0 Å². The van der Waals surface area contributed by atoms with Crippen molar-refractivity contribution in [2.24, 2.45) is 0 Å². The molecule has 0 atom stereocenters. The Morgan fingerprint density at radius 2 is 1.68 bits per heavy atom. The smallest absolute Gasteiger partial charge is 0.0709 e. The maximum Gasteiger partial charge on any atom is 0.0709 e. The fourth-order valence-electron chi connectivity index (χ4n) is 2.86. The minimum Gasteiger partial charge on any atom is -0.358 e. The standard InChI is InChI=1S/C20H16N2/c1-14-17(18-7-3-5-9-20(18)21-14)13-12-16-11-10-15-6-2-4-8-19(15)22-16/h2-13,21H,1H3. The molecule has 0 saturated carbocycles. The van der Waals surface area contributed by atoms with E-state index in [1.165, 1.54) is 27.5 Å². The summed E-state index contributed by atoms with van der Waals surface area (Å²) in [6.07, 6.45) is 4.22. The van der Waals surface area contributed by atoms with Crippen molar-refractivity contribution < 1.29 is 0 Å². The molecule has 0 spiro atoms. The van der Waals surface area contributed by atoms with Gasteiger partial charge in [0.25, 0.3) is 0 Å². The molecule has 2 heterocycles. The van der Waals surface area contributed by atoms with Crippen LogP contribution in [-0.2, 0) is 0 Å². The van der Waals surface area contributed by atoms with E-state index in [2.05, 4.69) is 71.5 Å². The molecule has 2 heteroatoms. The van der Waals surface area contributed by atoms with E-state index >= 15 is 0 Å². The molecule has 0 aliphatic heterocycles. The van der Waals surface area contributed by atoms with Crippen LogP contribution in [0, 0.1) is 6.92 Å². The van der Waals surface area contributed by atoms with Gasteiger partial charge in [-0.1, -0.05) is 48.5 Å². The van der Waals surface area contributed by atoms with E-state index in [-0.39, 0.29) is 0 Å². The number of rotatable bonds is 2. The van der Waals surface area contributed by atoms with Crippen LogP contribution in [0.15, 0.2) is 60.7 Å². The Hall–Kier alpha value is -2.87. The van der Waals surface area contributed by atoms with Gasteiger partial charge in [0.05, 0.1) is 11.2 Å². The lowest BCUT2D eigenvalue weighted by Crippen LogP contribution is -1.82. The molecule has 0 fully saturated rings. The normalized spacial score (nSPS) is 11.7. The summed E-state index contributed by atoms with van der Waals surface area (Å²) in [4.78, 5) is 8.11. The highest BCUT2D eigenvalue weighted by atomic mass is 14.7. The van der Waals surface area contributed by atoms with Gasteiger partial charge in [0, 0.05) is 27.5 Å². The van der Waals surface area contributed by atoms with Gasteiger partial charge in [0.2, 0.25) is 0 Å². The predicted octanol–water partition coefficient (Wildman–Crippen LogP) is 5.19. The quantitative estimate of drug-likeness (QED) is 0.539. The Bertz CT molecular complexity index is 993. The summed E-state index contributed by atoms with van der Waals surface area (Å²) in [5.41, 5.74) is 5.58. The van der Waals surface area contributed by atoms with E-state index in [1.54, 1.807) is 0 Å². The molecule has 22 heavy (non-hydrogen) atoms. The van der Waals surface area contributed by atoms with Crippen molar-refractivity contribution in [2.45, 2.75) is 6.92 Å². The first kappa shape index (κ1) is 12.8. The zero-order valence-electron chi connectivity index (χ0n) is 12.4. The van der Waals surface area contributed by atoms with E-state index in [9.17, 15) is 0 Å². The summed E-state index contributed by atoms with van der Waals surface area (Å²) >= 11 is 0. The SMILES string of the molecule is Cc1[nH]c2ccccc2c1C=Cc1ccc2ccccc2n1. The molecular formula is C20H16N2. The largest absolute Gasteiger partial charge is 0.358 e. The van der Waals surface area contributed by atoms with Crippen LogP contribution >= 0.6 is 0 Å². The number of pyridine rings is 1. The number of nitrogens with one attached hydrogen (secondary N) is 1. The molecule has 0 bridgehead atoms. The van der Waals surface area contributed by atoms with Gasteiger partial charge in [-0.15, -0.1) is 0 Å². The zero-order chi connectivity index (χ0) is 14.9. The van der Waals surface area contributed by atoms with Crippen LogP contribution in [-0.4, -0.2) is 9.97 Å². The van der Waals surface area contributed by atoms with E-state index in [1.807, 2.05) is 18.2 Å². The minimum atomic E-state index is 0.975. The molecule has 0 unspecified atom stereocenters. The third-order valence-electron chi connectivity index (χ3n) is 3.98. The van der Waals surface area contributed by atoms with Crippen molar-refractivity contribution in [3.05, 3.63) is 77.6 Å². The summed E-state index contributed by atoms with van der Waals surface area (Å²) in [7, 11) is 0. The number of aryl methyl sites for hydroxylation is 1. The molecule has 0 aliphatic rings. The van der Waals surface area contributed by atoms with Crippen LogP contribution < -0.4 is 0 Å². The second-order valence-electron chi connectivity index (χ2n) is 5.47. The Morgan fingerprint density at radius 3 is 2.64 bits per heavy atom. The molecule has 2 aromatic carbocycles. The van der Waals surface area contributed by atoms with Gasteiger partial charge in [-0.25, -0.2) is 4.98 Å². The average Bonchev–Trinajstić information content (AvgIpc) is 2.88. The third-order valence-corrected chi connectivity index (χ3v) is 3.98. The first-order valence-electron chi connectivity index (χ1n) is 7.42. The van der Waals surface area contributed by atoms with Gasteiger partial charge in [0.15, 0.2) is 0 Å². The van der Waals surface area contributed by atoms with Crippen LogP contribution in [0.1, 0.15) is 17.0 Å². The van der Waals surface area contributed by atoms with Gasteiger partial charge in [-0.05, 0) is 31.2 Å². The number of aromatic amines is 1. The second kappa shape index (κ2) is 5.15. The second-order valence-corrected chi connectivity index (χ2v) is 5.47. The fraction of sp³-hybridized carbons (Fsp3) is 0.0500. The molecule has 2 aromatic heterocycles. The number of hydrogen-bond donors (Lipinski definition) is 1. The number of benzene rings is 2. The highest BCUT2D eigenvalue weighted by molar-refractivity contribution is 5.93. The number of H-pyrrole nitrogens is 1. The molecule has 1 N–H and O–H groups in total. The molecular weight excluding hydrogens is 268 g/mol. The van der Waals surface area contributed by atoms with Gasteiger partial charge in [0.1, 0.15) is 0 Å².